The van der Waals surface area contributed by atoms with Gasteiger partial charge in [0, 0.05) is 31.8 Å². The van der Waals surface area contributed by atoms with Crippen LogP contribution in [0.2, 0.25) is 0 Å². The molecular formula is C24H43NO4. The number of nitrogens with zero attached hydrogens (tertiary/aromatic N) is 1. The summed E-state index contributed by atoms with van der Waals surface area (Å²) in [4.78, 5) is 13.8. The van der Waals surface area contributed by atoms with Crippen LogP contribution in [-0.4, -0.2) is 57.5 Å². The molecule has 1 amide bonds. The van der Waals surface area contributed by atoms with Crippen LogP contribution < -0.4 is 0 Å². The molecule has 0 bridgehead atoms. The first-order valence-electron chi connectivity index (χ1n) is 11.6. The van der Waals surface area contributed by atoms with Gasteiger partial charge >= 0.3 is 0 Å². The summed E-state index contributed by atoms with van der Waals surface area (Å²) in [5, 5.41) is 30.7. The standard InChI is InChI=1S/C24H43NO4/c1-4-7-10-13-19(26)16-17-21-20(22(27)18-23(21)28)14-11-8-9-12-15-24(29)25(5-2)6-3/h8,11,16-17,19-23,26-28H,4-7,9-10,12-15,18H2,1-3H3/b11-8-,17-16+/t19-,20+,21+,22-,23+/m0/s1. The van der Waals surface area contributed by atoms with E-state index >= 15 is 0 Å². The Morgan fingerprint density at radius 3 is 2.45 bits per heavy atom. The van der Waals surface area contributed by atoms with Crippen molar-refractivity contribution in [3.63, 3.8) is 0 Å². The minimum absolute atomic E-state index is 0.0300. The number of amides is 1. The fraction of sp³-hybridized carbons (Fsp3) is 0.792. The van der Waals surface area contributed by atoms with Crippen molar-refractivity contribution in [3.8, 4) is 0 Å². The molecule has 1 aliphatic rings. The topological polar surface area (TPSA) is 81.0 Å². The summed E-state index contributed by atoms with van der Waals surface area (Å²) >= 11 is 0. The summed E-state index contributed by atoms with van der Waals surface area (Å²) in [7, 11) is 0. The van der Waals surface area contributed by atoms with Crippen LogP contribution in [0.1, 0.15) is 78.6 Å². The molecule has 29 heavy (non-hydrogen) atoms. The molecule has 0 radical (unpaired) electrons. The second-order valence-corrected chi connectivity index (χ2v) is 8.22. The van der Waals surface area contributed by atoms with Gasteiger partial charge in [-0.3, -0.25) is 4.79 Å². The number of aliphatic hydroxyl groups is 3. The number of carbonyl (C=O) groups excluding carboxylic acids is 1. The highest BCUT2D eigenvalue weighted by molar-refractivity contribution is 5.76. The average Bonchev–Trinajstić information content (AvgIpc) is 2.96. The Labute approximate surface area is 177 Å². The average molecular weight is 410 g/mol. The quantitative estimate of drug-likeness (QED) is 0.301. The number of carbonyl (C=O) groups is 1. The molecule has 0 aromatic rings. The molecule has 5 atom stereocenters. The van der Waals surface area contributed by atoms with Gasteiger partial charge in [0.1, 0.15) is 0 Å². The van der Waals surface area contributed by atoms with Gasteiger partial charge in [0.2, 0.25) is 5.91 Å². The zero-order valence-corrected chi connectivity index (χ0v) is 18.7. The molecule has 0 aromatic carbocycles. The lowest BCUT2D eigenvalue weighted by Crippen LogP contribution is -2.30. The Morgan fingerprint density at radius 1 is 1.07 bits per heavy atom. The maximum absolute atomic E-state index is 12.0. The highest BCUT2D eigenvalue weighted by Gasteiger charge is 2.39. The molecule has 1 aliphatic carbocycles. The van der Waals surface area contributed by atoms with Gasteiger partial charge in [0.05, 0.1) is 18.3 Å². The third kappa shape index (κ3) is 9.45. The SMILES string of the molecule is CCCCC[C@H](O)/C=C/[C@@H]1[C@@H](C/C=C\CCCC(=O)N(CC)CC)[C@@H](O)C[C@H]1O. The molecule has 5 heteroatoms. The van der Waals surface area contributed by atoms with Crippen LogP contribution in [0.4, 0.5) is 0 Å². The second-order valence-electron chi connectivity index (χ2n) is 8.22. The Morgan fingerprint density at radius 2 is 1.79 bits per heavy atom. The molecule has 0 aliphatic heterocycles. The van der Waals surface area contributed by atoms with E-state index in [1.54, 1.807) is 6.08 Å². The molecule has 1 rings (SSSR count). The number of aliphatic hydroxyl groups excluding tert-OH is 3. The van der Waals surface area contributed by atoms with E-state index in [1.165, 1.54) is 0 Å². The molecule has 0 aromatic heterocycles. The van der Waals surface area contributed by atoms with E-state index in [0.717, 1.165) is 51.6 Å². The molecule has 0 heterocycles. The highest BCUT2D eigenvalue weighted by atomic mass is 16.3. The summed E-state index contributed by atoms with van der Waals surface area (Å²) in [5.74, 6) is 0.0535. The molecule has 5 nitrogen and oxygen atoms in total. The van der Waals surface area contributed by atoms with Crippen LogP contribution >= 0.6 is 0 Å². The molecule has 1 saturated carbocycles. The molecule has 3 N–H and O–H groups in total. The van der Waals surface area contributed by atoms with Gasteiger partial charge in [-0.05, 0) is 45.4 Å². The Balaban J connectivity index is 2.43. The van der Waals surface area contributed by atoms with Crippen molar-refractivity contribution >= 4 is 5.91 Å². The van der Waals surface area contributed by atoms with E-state index in [4.69, 9.17) is 0 Å². The van der Waals surface area contributed by atoms with Gasteiger partial charge in [0.15, 0.2) is 0 Å². The number of hydrogen-bond acceptors (Lipinski definition) is 4. The fourth-order valence-corrected chi connectivity index (χ4v) is 4.14. The first kappa shape index (κ1) is 25.9. The Bertz CT molecular complexity index is 501. The Kier molecular flexibility index (Phi) is 13.2. The minimum Gasteiger partial charge on any atom is -0.393 e. The number of rotatable bonds is 14. The van der Waals surface area contributed by atoms with E-state index in [9.17, 15) is 20.1 Å². The largest absolute Gasteiger partial charge is 0.393 e. The lowest BCUT2D eigenvalue weighted by molar-refractivity contribution is -0.130. The molecule has 0 saturated heterocycles. The fourth-order valence-electron chi connectivity index (χ4n) is 4.14. The summed E-state index contributed by atoms with van der Waals surface area (Å²) in [5.41, 5.74) is 0. The van der Waals surface area contributed by atoms with Crippen molar-refractivity contribution in [2.24, 2.45) is 11.8 Å². The molecule has 168 valence electrons. The van der Waals surface area contributed by atoms with Crippen molar-refractivity contribution in [1.29, 1.82) is 0 Å². The number of hydrogen-bond donors (Lipinski definition) is 3. The van der Waals surface area contributed by atoms with Crippen LogP contribution in [0.3, 0.4) is 0 Å². The molecule has 0 unspecified atom stereocenters. The summed E-state index contributed by atoms with van der Waals surface area (Å²) in [6, 6.07) is 0. The summed E-state index contributed by atoms with van der Waals surface area (Å²) in [6.45, 7) is 7.65. The molecular weight excluding hydrogens is 366 g/mol. The van der Waals surface area contributed by atoms with Gasteiger partial charge in [0.25, 0.3) is 0 Å². The van der Waals surface area contributed by atoms with Crippen molar-refractivity contribution in [1.82, 2.24) is 4.90 Å². The van der Waals surface area contributed by atoms with E-state index in [-0.39, 0.29) is 17.7 Å². The van der Waals surface area contributed by atoms with Crippen molar-refractivity contribution < 1.29 is 20.1 Å². The van der Waals surface area contributed by atoms with Crippen LogP contribution in [0.5, 0.6) is 0 Å². The molecule has 0 spiro atoms. The summed E-state index contributed by atoms with van der Waals surface area (Å²) < 4.78 is 0. The van der Waals surface area contributed by atoms with E-state index in [2.05, 4.69) is 19.1 Å². The smallest absolute Gasteiger partial charge is 0.222 e. The van der Waals surface area contributed by atoms with Crippen LogP contribution in [-0.2, 0) is 4.79 Å². The minimum atomic E-state index is -0.561. The summed E-state index contributed by atoms with van der Waals surface area (Å²) in [6.07, 6.45) is 13.6. The van der Waals surface area contributed by atoms with Crippen molar-refractivity contribution in [2.75, 3.05) is 13.1 Å². The maximum atomic E-state index is 12.0. The second kappa shape index (κ2) is 14.8. The van der Waals surface area contributed by atoms with Crippen LogP contribution in [0, 0.1) is 11.8 Å². The van der Waals surface area contributed by atoms with Crippen molar-refractivity contribution in [3.05, 3.63) is 24.3 Å². The lowest BCUT2D eigenvalue weighted by atomic mass is 9.89. The van der Waals surface area contributed by atoms with Gasteiger partial charge in [-0.25, -0.2) is 0 Å². The lowest BCUT2D eigenvalue weighted by Gasteiger charge is -2.19. The van der Waals surface area contributed by atoms with Gasteiger partial charge < -0.3 is 20.2 Å². The highest BCUT2D eigenvalue weighted by Crippen LogP contribution is 2.36. The van der Waals surface area contributed by atoms with Crippen molar-refractivity contribution in [2.45, 2.75) is 96.9 Å². The predicted molar refractivity (Wildman–Crippen MR) is 118 cm³/mol. The molecule has 1 fully saturated rings. The first-order chi connectivity index (χ1) is 13.9. The monoisotopic (exact) mass is 409 g/mol. The Hall–Kier alpha value is -1.17. The zero-order valence-electron chi connectivity index (χ0n) is 18.7. The third-order valence-corrected chi connectivity index (χ3v) is 6.03. The van der Waals surface area contributed by atoms with Gasteiger partial charge in [-0.1, -0.05) is 50.5 Å². The van der Waals surface area contributed by atoms with E-state index < -0.39 is 18.3 Å². The van der Waals surface area contributed by atoms with Crippen LogP contribution in [0.15, 0.2) is 24.3 Å². The first-order valence-corrected chi connectivity index (χ1v) is 11.6. The van der Waals surface area contributed by atoms with E-state index in [1.807, 2.05) is 24.8 Å². The predicted octanol–water partition coefficient (Wildman–Crippen LogP) is 3.83. The number of allylic oxidation sites excluding steroid dienone is 2. The van der Waals surface area contributed by atoms with Crippen LogP contribution in [0.25, 0.3) is 0 Å². The number of unbranched alkanes of at least 4 members (excludes halogenated alkanes) is 3. The zero-order chi connectivity index (χ0) is 21.6. The third-order valence-electron chi connectivity index (χ3n) is 6.03. The van der Waals surface area contributed by atoms with Gasteiger partial charge in [-0.2, -0.15) is 0 Å². The van der Waals surface area contributed by atoms with E-state index in [0.29, 0.717) is 19.3 Å². The van der Waals surface area contributed by atoms with Gasteiger partial charge in [-0.15, -0.1) is 0 Å². The normalized spacial score (nSPS) is 25.9. The maximum Gasteiger partial charge on any atom is 0.222 e.